The maximum absolute atomic E-state index is 11.6. The third-order valence-corrected chi connectivity index (χ3v) is 2.53. The van der Waals surface area contributed by atoms with Crippen molar-refractivity contribution in [2.45, 2.75) is 0 Å². The number of thiazole rings is 1. The van der Waals surface area contributed by atoms with Crippen LogP contribution in [-0.4, -0.2) is 24.1 Å². The van der Waals surface area contributed by atoms with E-state index in [4.69, 9.17) is 0 Å². The summed E-state index contributed by atoms with van der Waals surface area (Å²) in [4.78, 5) is 14.9. The average Bonchev–Trinajstić information content (AvgIpc) is 2.47. The molecule has 0 aliphatic heterocycles. The van der Waals surface area contributed by atoms with Crippen LogP contribution < -0.4 is 5.32 Å². The van der Waals surface area contributed by atoms with E-state index < -0.39 is 6.67 Å². The van der Waals surface area contributed by atoms with Crippen LogP contribution in [0.2, 0.25) is 0 Å². The number of hydrogen-bond donors (Lipinski definition) is 1. The second-order valence-corrected chi connectivity index (χ2v) is 4.32. The number of aromatic nitrogens is 1. The van der Waals surface area contributed by atoms with Crippen LogP contribution in [0.4, 0.5) is 4.39 Å². The minimum atomic E-state index is -0.557. The monoisotopic (exact) mass is 252 g/mol. The Balaban J connectivity index is 2.53. The SMILES string of the molecule is O=C(NCCF)c1ncc(Br)s1. The molecule has 3 nitrogen and oxygen atoms in total. The van der Waals surface area contributed by atoms with E-state index in [2.05, 4.69) is 26.2 Å². The Labute approximate surface area is 81.1 Å². The van der Waals surface area contributed by atoms with Crippen LogP contribution in [0.25, 0.3) is 0 Å². The van der Waals surface area contributed by atoms with Crippen LogP contribution in [0.5, 0.6) is 0 Å². The molecule has 0 radical (unpaired) electrons. The zero-order valence-corrected chi connectivity index (χ0v) is 8.41. The molecule has 0 saturated carbocycles. The normalized spacial score (nSPS) is 9.83. The number of nitrogens with one attached hydrogen (secondary N) is 1. The molecule has 0 unspecified atom stereocenters. The summed E-state index contributed by atoms with van der Waals surface area (Å²) in [6.07, 6.45) is 1.54. The fourth-order valence-electron chi connectivity index (χ4n) is 0.596. The first-order valence-electron chi connectivity index (χ1n) is 3.19. The Hall–Kier alpha value is -0.490. The van der Waals surface area contributed by atoms with Crippen LogP contribution in [0, 0.1) is 0 Å². The molecule has 1 N–H and O–H groups in total. The highest BCUT2D eigenvalue weighted by atomic mass is 79.9. The number of halogens is 2. The van der Waals surface area contributed by atoms with Gasteiger partial charge in [0, 0.05) is 6.54 Å². The second kappa shape index (κ2) is 4.51. The Morgan fingerprint density at radius 1 is 1.83 bits per heavy atom. The molecule has 0 bridgehead atoms. The van der Waals surface area contributed by atoms with Crippen LogP contribution in [0.3, 0.4) is 0 Å². The summed E-state index contributed by atoms with van der Waals surface area (Å²) in [5.41, 5.74) is 0. The van der Waals surface area contributed by atoms with Crippen LogP contribution in [0.15, 0.2) is 9.98 Å². The predicted octanol–water partition coefficient (Wildman–Crippen LogP) is 1.60. The lowest BCUT2D eigenvalue weighted by Crippen LogP contribution is -2.25. The lowest BCUT2D eigenvalue weighted by atomic mass is 10.6. The first kappa shape index (κ1) is 9.60. The van der Waals surface area contributed by atoms with Gasteiger partial charge in [0.25, 0.3) is 5.91 Å². The molecule has 66 valence electrons. The summed E-state index contributed by atoms with van der Waals surface area (Å²) in [5.74, 6) is -0.330. The van der Waals surface area contributed by atoms with Gasteiger partial charge in [0.15, 0.2) is 5.01 Å². The van der Waals surface area contributed by atoms with Gasteiger partial charge in [-0.2, -0.15) is 0 Å². The van der Waals surface area contributed by atoms with Gasteiger partial charge in [0.05, 0.1) is 9.98 Å². The number of alkyl halides is 1. The maximum atomic E-state index is 11.6. The van der Waals surface area contributed by atoms with Crippen molar-refractivity contribution in [3.05, 3.63) is 15.0 Å². The quantitative estimate of drug-likeness (QED) is 0.889. The standard InChI is InChI=1S/C6H6BrFN2OS/c7-4-3-10-6(12-4)5(11)9-2-1-8/h3H,1-2H2,(H,9,11). The first-order chi connectivity index (χ1) is 5.74. The molecule has 1 aromatic rings. The number of carbonyl (C=O) groups excluding carboxylic acids is 1. The molecular weight excluding hydrogens is 247 g/mol. The minimum absolute atomic E-state index is 0.0377. The summed E-state index contributed by atoms with van der Waals surface area (Å²) in [6, 6.07) is 0. The molecule has 0 aliphatic carbocycles. The van der Waals surface area contributed by atoms with Crippen molar-refractivity contribution in [3.63, 3.8) is 0 Å². The molecule has 12 heavy (non-hydrogen) atoms. The van der Waals surface area contributed by atoms with Gasteiger partial charge in [0.1, 0.15) is 6.67 Å². The lowest BCUT2D eigenvalue weighted by Gasteiger charge is -1.96. The van der Waals surface area contributed by atoms with E-state index in [0.717, 1.165) is 3.79 Å². The van der Waals surface area contributed by atoms with Crippen molar-refractivity contribution in [1.82, 2.24) is 10.3 Å². The summed E-state index contributed by atoms with van der Waals surface area (Å²) < 4.78 is 12.4. The van der Waals surface area contributed by atoms with E-state index in [1.54, 1.807) is 0 Å². The summed E-state index contributed by atoms with van der Waals surface area (Å²) in [5, 5.41) is 2.72. The zero-order valence-electron chi connectivity index (χ0n) is 6.01. The van der Waals surface area contributed by atoms with E-state index in [1.165, 1.54) is 17.5 Å². The third kappa shape index (κ3) is 2.53. The molecule has 0 saturated heterocycles. The van der Waals surface area contributed by atoms with Gasteiger partial charge in [-0.05, 0) is 15.9 Å². The number of rotatable bonds is 3. The highest BCUT2D eigenvalue weighted by molar-refractivity contribution is 9.11. The Kier molecular flexibility index (Phi) is 3.61. The third-order valence-electron chi connectivity index (χ3n) is 1.05. The van der Waals surface area contributed by atoms with Gasteiger partial charge < -0.3 is 5.32 Å². The molecule has 0 aromatic carbocycles. The van der Waals surface area contributed by atoms with Crippen molar-refractivity contribution >= 4 is 33.2 Å². The van der Waals surface area contributed by atoms with Gasteiger partial charge >= 0.3 is 0 Å². The Morgan fingerprint density at radius 2 is 2.58 bits per heavy atom. The van der Waals surface area contributed by atoms with Gasteiger partial charge in [-0.3, -0.25) is 4.79 Å². The molecule has 1 aromatic heterocycles. The molecule has 1 amide bonds. The maximum Gasteiger partial charge on any atom is 0.280 e. The van der Waals surface area contributed by atoms with E-state index in [0.29, 0.717) is 5.01 Å². The number of carbonyl (C=O) groups is 1. The fourth-order valence-corrected chi connectivity index (χ4v) is 1.72. The average molecular weight is 253 g/mol. The molecule has 1 rings (SSSR count). The molecule has 1 heterocycles. The second-order valence-electron chi connectivity index (χ2n) is 1.91. The highest BCUT2D eigenvalue weighted by Crippen LogP contribution is 2.18. The van der Waals surface area contributed by atoms with Gasteiger partial charge in [-0.25, -0.2) is 9.37 Å². The molecule has 6 heteroatoms. The van der Waals surface area contributed by atoms with Crippen molar-refractivity contribution < 1.29 is 9.18 Å². The van der Waals surface area contributed by atoms with Gasteiger partial charge in [-0.1, -0.05) is 0 Å². The first-order valence-corrected chi connectivity index (χ1v) is 4.80. The smallest absolute Gasteiger partial charge is 0.280 e. The summed E-state index contributed by atoms with van der Waals surface area (Å²) in [7, 11) is 0. The van der Waals surface area contributed by atoms with E-state index in [9.17, 15) is 9.18 Å². The van der Waals surface area contributed by atoms with Crippen molar-refractivity contribution in [3.8, 4) is 0 Å². The minimum Gasteiger partial charge on any atom is -0.347 e. The fraction of sp³-hybridized carbons (Fsp3) is 0.333. The van der Waals surface area contributed by atoms with Crippen molar-refractivity contribution in [2.75, 3.05) is 13.2 Å². The molecule has 0 aliphatic rings. The molecule has 0 fully saturated rings. The Bertz CT molecular complexity index is 278. The molecule has 0 atom stereocenters. The molecular formula is C6H6BrFN2OS. The number of hydrogen-bond acceptors (Lipinski definition) is 3. The van der Waals surface area contributed by atoms with E-state index >= 15 is 0 Å². The van der Waals surface area contributed by atoms with Crippen LogP contribution in [0.1, 0.15) is 9.80 Å². The van der Waals surface area contributed by atoms with E-state index in [-0.39, 0.29) is 12.5 Å². The Morgan fingerprint density at radius 3 is 3.08 bits per heavy atom. The van der Waals surface area contributed by atoms with Crippen LogP contribution in [-0.2, 0) is 0 Å². The highest BCUT2D eigenvalue weighted by Gasteiger charge is 2.08. The largest absolute Gasteiger partial charge is 0.347 e. The topological polar surface area (TPSA) is 42.0 Å². The number of nitrogens with zero attached hydrogens (tertiary/aromatic N) is 1. The van der Waals surface area contributed by atoms with E-state index in [1.807, 2.05) is 0 Å². The van der Waals surface area contributed by atoms with Crippen LogP contribution >= 0.6 is 27.3 Å². The van der Waals surface area contributed by atoms with Gasteiger partial charge in [-0.15, -0.1) is 11.3 Å². The zero-order chi connectivity index (χ0) is 8.97. The summed E-state index contributed by atoms with van der Waals surface area (Å²) in [6.45, 7) is -0.520. The lowest BCUT2D eigenvalue weighted by molar-refractivity contribution is 0.0950. The van der Waals surface area contributed by atoms with Gasteiger partial charge in [0.2, 0.25) is 0 Å². The van der Waals surface area contributed by atoms with Crippen molar-refractivity contribution in [2.24, 2.45) is 0 Å². The van der Waals surface area contributed by atoms with Crippen molar-refractivity contribution in [1.29, 1.82) is 0 Å². The molecule has 0 spiro atoms. The predicted molar refractivity (Wildman–Crippen MR) is 48.1 cm³/mol. The summed E-state index contributed by atoms with van der Waals surface area (Å²) >= 11 is 4.39. The number of amides is 1.